The number of ether oxygens (including phenoxy) is 1. The zero-order valence-electron chi connectivity index (χ0n) is 21.1. The van der Waals surface area contributed by atoms with Crippen molar-refractivity contribution in [1.29, 1.82) is 5.26 Å². The maximum Gasteiger partial charge on any atom is 0.263 e. The summed E-state index contributed by atoms with van der Waals surface area (Å²) in [6.07, 6.45) is 3.12. The molecule has 0 aliphatic heterocycles. The van der Waals surface area contributed by atoms with E-state index in [4.69, 9.17) is 10.5 Å². The highest BCUT2D eigenvalue weighted by atomic mass is 16.5. The summed E-state index contributed by atoms with van der Waals surface area (Å²) >= 11 is 0. The third-order valence-corrected chi connectivity index (χ3v) is 6.39. The van der Waals surface area contributed by atoms with Gasteiger partial charge in [0.15, 0.2) is 0 Å². The minimum absolute atomic E-state index is 0.0458. The number of anilines is 2. The van der Waals surface area contributed by atoms with Gasteiger partial charge in [0.05, 0.1) is 30.4 Å². The Balaban J connectivity index is 1.75. The number of nitrogen functional groups attached to an aromatic ring is 1. The van der Waals surface area contributed by atoms with Gasteiger partial charge in [-0.2, -0.15) is 10.2 Å². The van der Waals surface area contributed by atoms with Gasteiger partial charge in [0.2, 0.25) is 5.95 Å². The average molecular weight is 504 g/mol. The van der Waals surface area contributed by atoms with Crippen molar-refractivity contribution < 1.29 is 4.74 Å². The molecule has 3 heterocycles. The molecule has 0 aliphatic carbocycles. The Kier molecular flexibility index (Phi) is 6.46. The molecule has 0 radical (unpaired) electrons. The number of nitrogens with zero attached hydrogens (tertiary/aromatic N) is 5. The molecule has 0 saturated carbocycles. The predicted octanol–water partition coefficient (Wildman–Crippen LogP) is 4.79. The van der Waals surface area contributed by atoms with Gasteiger partial charge in [-0.15, -0.1) is 0 Å². The molecule has 0 spiro atoms. The second kappa shape index (κ2) is 10.0. The van der Waals surface area contributed by atoms with Crippen LogP contribution in [0.15, 0.2) is 77.9 Å². The van der Waals surface area contributed by atoms with E-state index in [1.807, 2.05) is 74.5 Å². The van der Waals surface area contributed by atoms with E-state index >= 15 is 0 Å². The van der Waals surface area contributed by atoms with Gasteiger partial charge in [-0.1, -0.05) is 36.4 Å². The van der Waals surface area contributed by atoms with Gasteiger partial charge in [-0.3, -0.25) is 14.3 Å². The monoisotopic (exact) mass is 503 g/mol. The number of nitrogens with two attached hydrogens (primary N) is 1. The molecular weight excluding hydrogens is 478 g/mol. The Morgan fingerprint density at radius 2 is 1.87 bits per heavy atom. The van der Waals surface area contributed by atoms with Crippen LogP contribution in [-0.4, -0.2) is 26.6 Å². The Morgan fingerprint density at radius 1 is 1.08 bits per heavy atom. The minimum Gasteiger partial charge on any atom is -0.495 e. The fourth-order valence-electron chi connectivity index (χ4n) is 4.52. The third kappa shape index (κ3) is 4.40. The molecule has 1 atom stereocenters. The molecule has 5 aromatic rings. The lowest BCUT2D eigenvalue weighted by atomic mass is 9.98. The van der Waals surface area contributed by atoms with Crippen molar-refractivity contribution in [1.82, 2.24) is 19.5 Å². The number of methoxy groups -OCH3 is 1. The molecule has 3 N–H and O–H groups in total. The zero-order chi connectivity index (χ0) is 26.8. The fraction of sp³-hybridized carbons (Fsp3) is 0.138. The first kappa shape index (κ1) is 24.5. The van der Waals surface area contributed by atoms with E-state index in [-0.39, 0.29) is 17.1 Å². The van der Waals surface area contributed by atoms with Crippen LogP contribution in [0.3, 0.4) is 0 Å². The smallest absolute Gasteiger partial charge is 0.263 e. The van der Waals surface area contributed by atoms with Crippen LogP contribution in [0.1, 0.15) is 29.9 Å². The lowest BCUT2D eigenvalue weighted by Gasteiger charge is -2.22. The number of hydrogen-bond acceptors (Lipinski definition) is 8. The molecular formula is C29H25N7O2. The van der Waals surface area contributed by atoms with Gasteiger partial charge >= 0.3 is 0 Å². The molecule has 38 heavy (non-hydrogen) atoms. The SMILES string of the molecule is COc1cc(-c2cccc3cc(C(C)Nc4nc(N)ncc4C#N)n(-c4ccccc4)c(=O)c23)cnc1C. The summed E-state index contributed by atoms with van der Waals surface area (Å²) in [5, 5.41) is 14.1. The highest BCUT2D eigenvalue weighted by Crippen LogP contribution is 2.32. The Bertz CT molecular complexity index is 1760. The van der Waals surface area contributed by atoms with Crippen molar-refractivity contribution >= 4 is 22.5 Å². The molecule has 0 amide bonds. The van der Waals surface area contributed by atoms with Crippen molar-refractivity contribution in [3.8, 4) is 28.6 Å². The molecule has 0 aliphatic rings. The summed E-state index contributed by atoms with van der Waals surface area (Å²) in [6, 6.07) is 20.7. The highest BCUT2D eigenvalue weighted by molar-refractivity contribution is 5.96. The van der Waals surface area contributed by atoms with Crippen molar-refractivity contribution in [2.45, 2.75) is 19.9 Å². The van der Waals surface area contributed by atoms with Crippen molar-refractivity contribution in [2.75, 3.05) is 18.2 Å². The summed E-state index contributed by atoms with van der Waals surface area (Å²) in [5.41, 5.74) is 9.54. The molecule has 0 fully saturated rings. The van der Waals surface area contributed by atoms with Gasteiger partial charge in [-0.05, 0) is 49.1 Å². The first-order chi connectivity index (χ1) is 18.4. The van der Waals surface area contributed by atoms with Crippen LogP contribution in [0.2, 0.25) is 0 Å². The van der Waals surface area contributed by atoms with Crippen LogP contribution in [0.5, 0.6) is 5.75 Å². The minimum atomic E-state index is -0.418. The van der Waals surface area contributed by atoms with Gasteiger partial charge in [0, 0.05) is 23.1 Å². The average Bonchev–Trinajstić information content (AvgIpc) is 2.93. The Labute approximate surface area is 219 Å². The zero-order valence-corrected chi connectivity index (χ0v) is 21.1. The number of aryl methyl sites for hydroxylation is 1. The quantitative estimate of drug-likeness (QED) is 0.338. The van der Waals surface area contributed by atoms with E-state index in [9.17, 15) is 10.1 Å². The van der Waals surface area contributed by atoms with E-state index in [2.05, 4.69) is 26.3 Å². The van der Waals surface area contributed by atoms with Gasteiger partial charge in [0.25, 0.3) is 5.56 Å². The van der Waals surface area contributed by atoms with Gasteiger partial charge in [-0.25, -0.2) is 4.98 Å². The summed E-state index contributed by atoms with van der Waals surface area (Å²) in [5.74, 6) is 0.991. The second-order valence-electron chi connectivity index (χ2n) is 8.80. The summed E-state index contributed by atoms with van der Waals surface area (Å²) in [7, 11) is 1.60. The van der Waals surface area contributed by atoms with Crippen LogP contribution >= 0.6 is 0 Å². The molecule has 188 valence electrons. The molecule has 2 aromatic carbocycles. The summed E-state index contributed by atoms with van der Waals surface area (Å²) in [4.78, 5) is 26.9. The number of para-hydroxylation sites is 1. The number of benzene rings is 2. The second-order valence-corrected chi connectivity index (χ2v) is 8.80. The standard InChI is InChI=1S/C29H25N7O2/c1-17(34-27-21(14-30)16-33-29(31)35-27)24-12-19-8-7-11-23(20-13-25(38-3)18(2)32-15-20)26(19)28(37)36(24)22-9-5-4-6-10-22/h4-13,15-17H,1-3H3,(H3,31,33,34,35). The Hall–Kier alpha value is -5.23. The molecule has 3 aromatic heterocycles. The van der Waals surface area contributed by atoms with Crippen molar-refractivity contribution in [3.63, 3.8) is 0 Å². The first-order valence-electron chi connectivity index (χ1n) is 12.0. The fourth-order valence-corrected chi connectivity index (χ4v) is 4.52. The van der Waals surface area contributed by atoms with Gasteiger partial charge in [0.1, 0.15) is 23.2 Å². The molecule has 1 unspecified atom stereocenters. The summed E-state index contributed by atoms with van der Waals surface area (Å²) in [6.45, 7) is 3.77. The van der Waals surface area contributed by atoms with E-state index in [1.165, 1.54) is 6.20 Å². The number of pyridine rings is 2. The molecule has 9 heteroatoms. The van der Waals surface area contributed by atoms with Crippen LogP contribution in [0.4, 0.5) is 11.8 Å². The maximum atomic E-state index is 14.3. The van der Waals surface area contributed by atoms with Crippen LogP contribution in [-0.2, 0) is 0 Å². The Morgan fingerprint density at radius 3 is 2.61 bits per heavy atom. The maximum absolute atomic E-state index is 14.3. The lowest BCUT2D eigenvalue weighted by Crippen LogP contribution is -2.26. The molecule has 5 rings (SSSR count). The highest BCUT2D eigenvalue weighted by Gasteiger charge is 2.20. The number of nitrogens with one attached hydrogen (secondary N) is 1. The van der Waals surface area contributed by atoms with Crippen molar-refractivity contribution in [3.05, 3.63) is 100 Å². The number of aromatic nitrogens is 4. The number of hydrogen-bond donors (Lipinski definition) is 2. The van der Waals surface area contributed by atoms with Crippen molar-refractivity contribution in [2.24, 2.45) is 0 Å². The lowest BCUT2D eigenvalue weighted by molar-refractivity contribution is 0.409. The van der Waals surface area contributed by atoms with Crippen LogP contribution in [0, 0.1) is 18.3 Å². The largest absolute Gasteiger partial charge is 0.495 e. The third-order valence-electron chi connectivity index (χ3n) is 6.39. The topological polar surface area (TPSA) is 132 Å². The number of fused-ring (bicyclic) bond motifs is 1. The molecule has 0 bridgehead atoms. The predicted molar refractivity (Wildman–Crippen MR) is 147 cm³/mol. The molecule has 0 saturated heterocycles. The number of nitriles is 1. The van der Waals surface area contributed by atoms with Crippen LogP contribution in [0.25, 0.3) is 27.6 Å². The van der Waals surface area contributed by atoms with Gasteiger partial charge < -0.3 is 15.8 Å². The van der Waals surface area contributed by atoms with E-state index in [0.717, 1.165) is 22.2 Å². The number of rotatable bonds is 6. The molecule has 9 nitrogen and oxygen atoms in total. The van der Waals surface area contributed by atoms with E-state index < -0.39 is 6.04 Å². The first-order valence-corrected chi connectivity index (χ1v) is 12.0. The normalized spacial score (nSPS) is 11.6. The van der Waals surface area contributed by atoms with E-state index in [0.29, 0.717) is 28.3 Å². The summed E-state index contributed by atoms with van der Waals surface area (Å²) < 4.78 is 7.16. The van der Waals surface area contributed by atoms with Crippen LogP contribution < -0.4 is 21.3 Å². The van der Waals surface area contributed by atoms with E-state index in [1.54, 1.807) is 17.9 Å².